The number of rotatable bonds is 10. The van der Waals surface area contributed by atoms with E-state index in [-0.39, 0.29) is 12.5 Å². The molecule has 2 N–H and O–H groups in total. The maximum atomic E-state index is 11.9. The Bertz CT molecular complexity index is 940. The van der Waals surface area contributed by atoms with Crippen LogP contribution in [0.3, 0.4) is 0 Å². The smallest absolute Gasteiger partial charge is 0.259 e. The quantitative estimate of drug-likeness (QED) is 0.393. The van der Waals surface area contributed by atoms with Crippen LogP contribution in [0.15, 0.2) is 84.0 Å². The maximum Gasteiger partial charge on any atom is 0.259 e. The SMILES string of the molecule is CCOc1ccc(NCC(=O)N/N=C\c2ccc(OCc3ccccc3)cc2)cc1. The number of amides is 1. The molecule has 30 heavy (non-hydrogen) atoms. The number of nitrogens with zero attached hydrogens (tertiary/aromatic N) is 1. The molecule has 0 unspecified atom stereocenters. The first kappa shape index (κ1) is 20.9. The Hall–Kier alpha value is -3.80. The minimum atomic E-state index is -0.233. The number of nitrogens with one attached hydrogen (secondary N) is 2. The lowest BCUT2D eigenvalue weighted by molar-refractivity contribution is -0.119. The van der Waals surface area contributed by atoms with Crippen molar-refractivity contribution in [2.24, 2.45) is 5.10 Å². The van der Waals surface area contributed by atoms with E-state index in [9.17, 15) is 4.79 Å². The van der Waals surface area contributed by atoms with Gasteiger partial charge in [0.25, 0.3) is 5.91 Å². The van der Waals surface area contributed by atoms with Crippen molar-refractivity contribution in [3.8, 4) is 11.5 Å². The molecule has 0 aliphatic rings. The molecule has 154 valence electrons. The summed E-state index contributed by atoms with van der Waals surface area (Å²) in [6.45, 7) is 3.20. The second kappa shape index (κ2) is 11.3. The topological polar surface area (TPSA) is 72.0 Å². The molecule has 3 aromatic rings. The van der Waals surface area contributed by atoms with Crippen molar-refractivity contribution in [3.05, 3.63) is 90.0 Å². The summed E-state index contributed by atoms with van der Waals surface area (Å²) in [5.74, 6) is 1.34. The van der Waals surface area contributed by atoms with Crippen molar-refractivity contribution in [2.75, 3.05) is 18.5 Å². The van der Waals surface area contributed by atoms with Gasteiger partial charge in [-0.05, 0) is 66.6 Å². The fourth-order valence-corrected chi connectivity index (χ4v) is 2.63. The third-order valence-corrected chi connectivity index (χ3v) is 4.15. The van der Waals surface area contributed by atoms with Crippen LogP contribution in [0.5, 0.6) is 11.5 Å². The van der Waals surface area contributed by atoms with E-state index >= 15 is 0 Å². The summed E-state index contributed by atoms with van der Waals surface area (Å²) < 4.78 is 11.1. The molecule has 3 aromatic carbocycles. The first-order valence-corrected chi connectivity index (χ1v) is 9.78. The van der Waals surface area contributed by atoms with Crippen molar-refractivity contribution in [1.82, 2.24) is 5.43 Å². The van der Waals surface area contributed by atoms with Gasteiger partial charge in [0.05, 0.1) is 19.4 Å². The lowest BCUT2D eigenvalue weighted by Crippen LogP contribution is -2.25. The molecule has 0 bridgehead atoms. The van der Waals surface area contributed by atoms with Crippen molar-refractivity contribution in [2.45, 2.75) is 13.5 Å². The molecule has 3 rings (SSSR count). The fraction of sp³-hybridized carbons (Fsp3) is 0.167. The highest BCUT2D eigenvalue weighted by atomic mass is 16.5. The number of ether oxygens (including phenoxy) is 2. The average Bonchev–Trinajstić information content (AvgIpc) is 2.79. The molecule has 0 radical (unpaired) electrons. The molecule has 0 aliphatic carbocycles. The Balaban J connectivity index is 1.39. The van der Waals surface area contributed by atoms with Gasteiger partial charge in [-0.2, -0.15) is 5.10 Å². The van der Waals surface area contributed by atoms with Crippen LogP contribution in [0.2, 0.25) is 0 Å². The lowest BCUT2D eigenvalue weighted by Gasteiger charge is -2.07. The predicted molar refractivity (Wildman–Crippen MR) is 119 cm³/mol. The van der Waals surface area contributed by atoms with Crippen LogP contribution in [0.25, 0.3) is 0 Å². The van der Waals surface area contributed by atoms with Gasteiger partial charge in [-0.25, -0.2) is 5.43 Å². The van der Waals surface area contributed by atoms with E-state index in [2.05, 4.69) is 15.8 Å². The molecule has 0 aliphatic heterocycles. The second-order valence-electron chi connectivity index (χ2n) is 6.45. The van der Waals surface area contributed by atoms with Gasteiger partial charge in [0, 0.05) is 5.69 Å². The summed E-state index contributed by atoms with van der Waals surface area (Å²) >= 11 is 0. The summed E-state index contributed by atoms with van der Waals surface area (Å²) in [6.07, 6.45) is 1.59. The molecule has 0 saturated carbocycles. The summed E-state index contributed by atoms with van der Waals surface area (Å²) in [7, 11) is 0. The third-order valence-electron chi connectivity index (χ3n) is 4.15. The first-order valence-electron chi connectivity index (χ1n) is 9.78. The van der Waals surface area contributed by atoms with Crippen LogP contribution >= 0.6 is 0 Å². The van der Waals surface area contributed by atoms with Crippen LogP contribution in [0.1, 0.15) is 18.1 Å². The number of carbonyl (C=O) groups excluding carboxylic acids is 1. The van der Waals surface area contributed by atoms with Gasteiger partial charge in [0.15, 0.2) is 0 Å². The zero-order chi connectivity index (χ0) is 21.0. The van der Waals surface area contributed by atoms with Crippen LogP contribution in [0, 0.1) is 0 Å². The predicted octanol–water partition coefficient (Wildman–Crippen LogP) is 4.23. The normalized spacial score (nSPS) is 10.6. The van der Waals surface area contributed by atoms with Gasteiger partial charge in [0.2, 0.25) is 0 Å². The van der Waals surface area contributed by atoms with Crippen LogP contribution in [-0.4, -0.2) is 25.3 Å². The number of benzene rings is 3. The average molecular weight is 403 g/mol. The van der Waals surface area contributed by atoms with E-state index in [1.54, 1.807) is 6.21 Å². The van der Waals surface area contributed by atoms with E-state index < -0.39 is 0 Å². The zero-order valence-electron chi connectivity index (χ0n) is 16.9. The molecule has 0 spiro atoms. The van der Waals surface area contributed by atoms with Gasteiger partial charge in [-0.3, -0.25) is 4.79 Å². The maximum absolute atomic E-state index is 11.9. The highest BCUT2D eigenvalue weighted by molar-refractivity contribution is 5.84. The Kier molecular flexibility index (Phi) is 7.85. The fourth-order valence-electron chi connectivity index (χ4n) is 2.63. The van der Waals surface area contributed by atoms with Crippen LogP contribution < -0.4 is 20.2 Å². The van der Waals surface area contributed by atoms with E-state index in [0.29, 0.717) is 13.2 Å². The summed E-state index contributed by atoms with van der Waals surface area (Å²) in [6, 6.07) is 25.0. The van der Waals surface area contributed by atoms with Crippen LogP contribution in [-0.2, 0) is 11.4 Å². The highest BCUT2D eigenvalue weighted by Gasteiger charge is 2.00. The molecule has 1 amide bonds. The number of hydrogen-bond acceptors (Lipinski definition) is 5. The molecule has 0 heterocycles. The largest absolute Gasteiger partial charge is 0.494 e. The minimum Gasteiger partial charge on any atom is -0.494 e. The van der Waals surface area contributed by atoms with Crippen molar-refractivity contribution in [3.63, 3.8) is 0 Å². The number of hydrazone groups is 1. The Labute approximate surface area is 176 Å². The minimum absolute atomic E-state index is 0.123. The zero-order valence-corrected chi connectivity index (χ0v) is 16.9. The van der Waals surface area contributed by atoms with E-state index in [4.69, 9.17) is 9.47 Å². The van der Waals surface area contributed by atoms with Crippen LogP contribution in [0.4, 0.5) is 5.69 Å². The Morgan fingerprint density at radius 2 is 1.57 bits per heavy atom. The number of hydrogen-bond donors (Lipinski definition) is 2. The summed E-state index contributed by atoms with van der Waals surface area (Å²) in [5.41, 5.74) is 5.32. The molecule has 0 atom stereocenters. The molecule has 0 aromatic heterocycles. The number of carbonyl (C=O) groups is 1. The van der Waals surface area contributed by atoms with E-state index in [0.717, 1.165) is 28.3 Å². The van der Waals surface area contributed by atoms with E-state index in [1.807, 2.05) is 85.8 Å². The standard InChI is InChI=1S/C24H25N3O3/c1-2-29-22-14-10-21(11-15-22)25-17-24(28)27-26-16-19-8-12-23(13-9-19)30-18-20-6-4-3-5-7-20/h3-16,25H,2,17-18H2,1H3,(H,27,28)/b26-16-. The summed E-state index contributed by atoms with van der Waals surface area (Å²) in [4.78, 5) is 11.9. The highest BCUT2D eigenvalue weighted by Crippen LogP contribution is 2.15. The molecular weight excluding hydrogens is 378 g/mol. The van der Waals surface area contributed by atoms with E-state index in [1.165, 1.54) is 0 Å². The molecular formula is C24H25N3O3. The van der Waals surface area contributed by atoms with Crippen molar-refractivity contribution in [1.29, 1.82) is 0 Å². The second-order valence-corrected chi connectivity index (χ2v) is 6.45. The van der Waals surface area contributed by atoms with Gasteiger partial charge < -0.3 is 14.8 Å². The first-order chi connectivity index (χ1) is 14.7. The Morgan fingerprint density at radius 1 is 0.900 bits per heavy atom. The van der Waals surface area contributed by atoms with Gasteiger partial charge in [-0.15, -0.1) is 0 Å². The van der Waals surface area contributed by atoms with Crippen molar-refractivity contribution >= 4 is 17.8 Å². The van der Waals surface area contributed by atoms with Crippen molar-refractivity contribution < 1.29 is 14.3 Å². The van der Waals surface area contributed by atoms with Gasteiger partial charge in [0.1, 0.15) is 18.1 Å². The third kappa shape index (κ3) is 6.98. The monoisotopic (exact) mass is 403 g/mol. The molecule has 6 nitrogen and oxygen atoms in total. The van der Waals surface area contributed by atoms with Gasteiger partial charge >= 0.3 is 0 Å². The molecule has 0 saturated heterocycles. The summed E-state index contributed by atoms with van der Waals surface area (Å²) in [5, 5.41) is 7.03. The molecule has 6 heteroatoms. The lowest BCUT2D eigenvalue weighted by atomic mass is 10.2. The van der Waals surface area contributed by atoms with Gasteiger partial charge in [-0.1, -0.05) is 30.3 Å². The number of anilines is 1. The molecule has 0 fully saturated rings. The Morgan fingerprint density at radius 3 is 2.27 bits per heavy atom.